The molecule has 31 heavy (non-hydrogen) atoms. The number of esters is 1. The summed E-state index contributed by atoms with van der Waals surface area (Å²) in [5, 5.41) is 0. The Morgan fingerprint density at radius 3 is 1.87 bits per heavy atom. The third kappa shape index (κ3) is 4.01. The van der Waals surface area contributed by atoms with Gasteiger partial charge in [0.15, 0.2) is 5.78 Å². The Labute approximate surface area is 190 Å². The summed E-state index contributed by atoms with van der Waals surface area (Å²) in [5.41, 5.74) is 0.152. The number of hydrogen-bond acceptors (Lipinski definition) is 3. The summed E-state index contributed by atoms with van der Waals surface area (Å²) in [6.45, 7) is 15.3. The first-order chi connectivity index (χ1) is 14.4. The van der Waals surface area contributed by atoms with Crippen molar-refractivity contribution >= 4 is 11.8 Å². The quantitative estimate of drug-likeness (QED) is 0.383. The lowest BCUT2D eigenvalue weighted by Gasteiger charge is -2.63. The molecule has 0 saturated heterocycles. The van der Waals surface area contributed by atoms with Crippen molar-refractivity contribution in [1.82, 2.24) is 0 Å². The first-order valence-corrected chi connectivity index (χ1v) is 13.1. The summed E-state index contributed by atoms with van der Waals surface area (Å²) in [5.74, 6) is 3.98. The molecule has 0 aromatic carbocycles. The highest BCUT2D eigenvalue weighted by Gasteiger charge is 2.64. The summed E-state index contributed by atoms with van der Waals surface area (Å²) >= 11 is 0. The first-order valence-electron chi connectivity index (χ1n) is 13.1. The zero-order valence-corrected chi connectivity index (χ0v) is 21.1. The Balaban J connectivity index is 1.36. The zero-order chi connectivity index (χ0) is 22.8. The molecule has 3 atom stereocenters. The number of carbonyl (C=O) groups is 2. The summed E-state index contributed by atoms with van der Waals surface area (Å²) < 4.78 is 5.65. The van der Waals surface area contributed by atoms with Crippen LogP contribution < -0.4 is 0 Å². The normalized spacial score (nSPS) is 38.4. The fourth-order valence-electron chi connectivity index (χ4n) is 8.45. The van der Waals surface area contributed by atoms with E-state index in [4.69, 9.17) is 4.74 Å². The van der Waals surface area contributed by atoms with E-state index in [9.17, 15) is 9.59 Å². The molecule has 5 saturated carbocycles. The second-order valence-corrected chi connectivity index (χ2v) is 13.6. The topological polar surface area (TPSA) is 43.4 Å². The number of Topliss-reactive ketones (excluding diaryl/α,β-unsaturated/α-hetero) is 1. The highest BCUT2D eigenvalue weighted by molar-refractivity contribution is 5.87. The predicted octanol–water partition coefficient (Wildman–Crippen LogP) is 6.69. The van der Waals surface area contributed by atoms with Crippen LogP contribution in [0.5, 0.6) is 0 Å². The lowest BCUT2D eigenvalue weighted by atomic mass is 9.42. The molecule has 0 amide bonds. The maximum absolute atomic E-state index is 13.0. The van der Waals surface area contributed by atoms with Gasteiger partial charge >= 0.3 is 5.97 Å². The molecule has 3 heteroatoms. The lowest BCUT2D eigenvalue weighted by molar-refractivity contribution is -0.162. The van der Waals surface area contributed by atoms with Crippen LogP contribution in [0.4, 0.5) is 0 Å². The van der Waals surface area contributed by atoms with Crippen LogP contribution in [0.15, 0.2) is 0 Å². The fourth-order valence-corrected chi connectivity index (χ4v) is 8.45. The third-order valence-corrected chi connectivity index (χ3v) is 10.5. The fraction of sp³-hybridized carbons (Fsp3) is 0.929. The molecule has 0 radical (unpaired) electrons. The van der Waals surface area contributed by atoms with Gasteiger partial charge in [0.05, 0.1) is 5.41 Å². The molecule has 0 aliphatic heterocycles. The van der Waals surface area contributed by atoms with Crippen LogP contribution in [0.2, 0.25) is 0 Å². The summed E-state index contributed by atoms with van der Waals surface area (Å²) in [7, 11) is 0. The van der Waals surface area contributed by atoms with Crippen molar-refractivity contribution in [3.05, 3.63) is 0 Å². The number of carbonyl (C=O) groups excluding carboxylic acids is 2. The van der Waals surface area contributed by atoms with E-state index in [1.54, 1.807) is 0 Å². The van der Waals surface area contributed by atoms with Gasteiger partial charge in [0.25, 0.3) is 0 Å². The van der Waals surface area contributed by atoms with Gasteiger partial charge in [-0.15, -0.1) is 0 Å². The molecule has 2 unspecified atom stereocenters. The van der Waals surface area contributed by atoms with Gasteiger partial charge in [-0.3, -0.25) is 9.59 Å². The Morgan fingerprint density at radius 1 is 0.903 bits per heavy atom. The van der Waals surface area contributed by atoms with Crippen LogP contribution in [0.3, 0.4) is 0 Å². The van der Waals surface area contributed by atoms with Gasteiger partial charge in [-0.25, -0.2) is 0 Å². The van der Waals surface area contributed by atoms with Crippen molar-refractivity contribution in [2.45, 2.75) is 99.8 Å². The van der Waals surface area contributed by atoms with Crippen LogP contribution in [0.25, 0.3) is 0 Å². The summed E-state index contributed by atoms with van der Waals surface area (Å²) in [4.78, 5) is 26.0. The van der Waals surface area contributed by atoms with Gasteiger partial charge in [0.2, 0.25) is 0 Å². The monoisotopic (exact) mass is 430 g/mol. The average Bonchev–Trinajstić information content (AvgIpc) is 3.45. The zero-order valence-electron chi connectivity index (χ0n) is 21.1. The molecule has 5 aliphatic carbocycles. The van der Waals surface area contributed by atoms with E-state index in [0.717, 1.165) is 30.6 Å². The molecule has 0 aromatic rings. The maximum Gasteiger partial charge on any atom is 0.312 e. The van der Waals surface area contributed by atoms with Crippen LogP contribution in [0.1, 0.15) is 99.8 Å². The SMILES string of the molecule is CC(C)CC(C)(C(=O)OCC(=O)[C@H]1CC1C(C)(C)C12CC3CC(CC(C3)C1)C2)C(C)C. The number of ketones is 1. The van der Waals surface area contributed by atoms with Gasteiger partial charge in [0.1, 0.15) is 6.61 Å². The second-order valence-electron chi connectivity index (χ2n) is 13.6. The predicted molar refractivity (Wildman–Crippen MR) is 124 cm³/mol. The van der Waals surface area contributed by atoms with Crippen molar-refractivity contribution in [3.8, 4) is 0 Å². The van der Waals surface area contributed by atoms with Crippen molar-refractivity contribution in [2.75, 3.05) is 6.61 Å². The average molecular weight is 431 g/mol. The highest BCUT2D eigenvalue weighted by atomic mass is 16.5. The van der Waals surface area contributed by atoms with E-state index >= 15 is 0 Å². The molecule has 5 fully saturated rings. The van der Waals surface area contributed by atoms with Gasteiger partial charge in [-0.1, -0.05) is 41.5 Å². The second kappa shape index (κ2) is 7.87. The van der Waals surface area contributed by atoms with Crippen LogP contribution >= 0.6 is 0 Å². The molecule has 0 N–H and O–H groups in total. The van der Waals surface area contributed by atoms with E-state index in [1.165, 1.54) is 38.5 Å². The van der Waals surface area contributed by atoms with E-state index < -0.39 is 5.41 Å². The lowest BCUT2D eigenvalue weighted by Crippen LogP contribution is -2.53. The molecule has 4 bridgehead atoms. The van der Waals surface area contributed by atoms with E-state index in [0.29, 0.717) is 17.3 Å². The van der Waals surface area contributed by atoms with Crippen molar-refractivity contribution in [1.29, 1.82) is 0 Å². The number of hydrogen-bond donors (Lipinski definition) is 0. The molecular formula is C28H46O3. The molecule has 176 valence electrons. The number of ether oxygens (including phenoxy) is 1. The molecule has 5 rings (SSSR count). The number of rotatable bonds is 9. The van der Waals surface area contributed by atoms with E-state index in [-0.39, 0.29) is 35.6 Å². The van der Waals surface area contributed by atoms with Gasteiger partial charge in [0, 0.05) is 5.92 Å². The van der Waals surface area contributed by atoms with E-state index in [2.05, 4.69) is 41.5 Å². The van der Waals surface area contributed by atoms with E-state index in [1.807, 2.05) is 6.92 Å². The molecule has 0 spiro atoms. The summed E-state index contributed by atoms with van der Waals surface area (Å²) in [6, 6.07) is 0. The Kier molecular flexibility index (Phi) is 5.92. The molecule has 5 aliphatic rings. The minimum absolute atomic E-state index is 0.0304. The van der Waals surface area contributed by atoms with Gasteiger partial charge in [-0.05, 0) is 105 Å². The third-order valence-electron chi connectivity index (χ3n) is 10.5. The van der Waals surface area contributed by atoms with Crippen molar-refractivity contribution < 1.29 is 14.3 Å². The largest absolute Gasteiger partial charge is 0.457 e. The van der Waals surface area contributed by atoms with Crippen LogP contribution in [-0.2, 0) is 14.3 Å². The molecule has 3 nitrogen and oxygen atoms in total. The molecule has 0 heterocycles. The minimum Gasteiger partial charge on any atom is -0.457 e. The van der Waals surface area contributed by atoms with Gasteiger partial charge in [-0.2, -0.15) is 0 Å². The molecular weight excluding hydrogens is 384 g/mol. The standard InChI is InChI=1S/C28H46O3/c1-17(2)12-27(7,18(3)4)25(30)31-16-24(29)22-11-23(22)26(5,6)28-13-19-8-20(14-28)10-21(9-19)15-28/h17-23H,8-16H2,1-7H3/t19?,20?,21?,22-,23?,27?,28?/m0/s1. The van der Waals surface area contributed by atoms with Crippen LogP contribution in [0, 0.1) is 57.7 Å². The smallest absolute Gasteiger partial charge is 0.312 e. The summed E-state index contributed by atoms with van der Waals surface area (Å²) in [6.07, 6.45) is 10.3. The minimum atomic E-state index is -0.518. The molecule has 0 aromatic heterocycles. The van der Waals surface area contributed by atoms with Crippen molar-refractivity contribution in [3.63, 3.8) is 0 Å². The maximum atomic E-state index is 13.0. The Bertz CT molecular complexity index is 682. The van der Waals surface area contributed by atoms with Gasteiger partial charge < -0.3 is 4.74 Å². The first kappa shape index (κ1) is 23.3. The van der Waals surface area contributed by atoms with Crippen molar-refractivity contribution in [2.24, 2.45) is 57.7 Å². The Hall–Kier alpha value is -0.860. The van der Waals surface area contributed by atoms with Crippen LogP contribution in [-0.4, -0.2) is 18.4 Å². The highest BCUT2D eigenvalue weighted by Crippen LogP contribution is 2.71. The Morgan fingerprint density at radius 2 is 1.42 bits per heavy atom.